The van der Waals surface area contributed by atoms with Crippen LogP contribution in [0.4, 0.5) is 5.69 Å². The molecule has 2 N–H and O–H groups in total. The van der Waals surface area contributed by atoms with E-state index in [1.807, 2.05) is 0 Å². The van der Waals surface area contributed by atoms with Crippen LogP contribution in [0.2, 0.25) is 0 Å². The Bertz CT molecular complexity index is 662. The van der Waals surface area contributed by atoms with Crippen LogP contribution in [0.5, 0.6) is 11.5 Å². The van der Waals surface area contributed by atoms with Crippen molar-refractivity contribution in [2.75, 3.05) is 7.11 Å². The van der Waals surface area contributed by atoms with Gasteiger partial charge in [-0.3, -0.25) is 10.1 Å². The molecule has 0 aliphatic rings. The van der Waals surface area contributed by atoms with E-state index >= 15 is 0 Å². The molecule has 1 heterocycles. The number of carbonyl (C=O) groups excluding carboxylic acids is 1. The lowest BCUT2D eigenvalue weighted by atomic mass is 10.2. The minimum absolute atomic E-state index is 0.183. The fourth-order valence-electron chi connectivity index (χ4n) is 1.48. The van der Waals surface area contributed by atoms with Gasteiger partial charge in [0.15, 0.2) is 5.75 Å². The van der Waals surface area contributed by atoms with Gasteiger partial charge in [0.2, 0.25) is 5.75 Å². The van der Waals surface area contributed by atoms with E-state index < -0.39 is 28.1 Å². The Morgan fingerprint density at radius 3 is 2.61 bits per heavy atom. The highest BCUT2D eigenvalue weighted by atomic mass is 32.1. The number of carbonyl (C=O) groups is 1. The van der Waals surface area contributed by atoms with Gasteiger partial charge in [0.05, 0.1) is 16.7 Å². The van der Waals surface area contributed by atoms with Crippen molar-refractivity contribution in [2.45, 2.75) is 0 Å². The highest BCUT2D eigenvalue weighted by Gasteiger charge is 2.23. The summed E-state index contributed by atoms with van der Waals surface area (Å²) in [6.07, 6.45) is 0. The van der Waals surface area contributed by atoms with E-state index in [9.17, 15) is 25.1 Å². The number of rotatable bonds is 2. The lowest BCUT2D eigenvalue weighted by Gasteiger charge is -1.99. The van der Waals surface area contributed by atoms with Gasteiger partial charge in [-0.25, -0.2) is 4.79 Å². The molecule has 0 aliphatic heterocycles. The number of hydrogen-bond acceptors (Lipinski definition) is 7. The molecule has 94 valence electrons. The van der Waals surface area contributed by atoms with Crippen LogP contribution in [-0.4, -0.2) is 28.2 Å². The molecule has 0 saturated heterocycles. The number of nitro groups is 1. The first kappa shape index (κ1) is 12.1. The summed E-state index contributed by atoms with van der Waals surface area (Å²) in [7, 11) is 1.20. The number of esters is 1. The van der Waals surface area contributed by atoms with Crippen molar-refractivity contribution in [2.24, 2.45) is 0 Å². The van der Waals surface area contributed by atoms with Crippen LogP contribution in [0.25, 0.3) is 10.1 Å². The van der Waals surface area contributed by atoms with E-state index in [4.69, 9.17) is 0 Å². The molecule has 8 heteroatoms. The predicted octanol–water partition coefficient (Wildman–Crippen LogP) is 2.01. The SMILES string of the molecule is COC(=O)c1cc2cc([N+](=O)[O-])c(O)c(O)c2s1. The molecule has 0 fully saturated rings. The maximum Gasteiger partial charge on any atom is 0.348 e. The summed E-state index contributed by atoms with van der Waals surface area (Å²) in [5, 5.41) is 30.1. The third-order valence-electron chi connectivity index (χ3n) is 2.32. The number of thiophene rings is 1. The van der Waals surface area contributed by atoms with Gasteiger partial charge in [-0.2, -0.15) is 0 Å². The molecule has 2 rings (SSSR count). The number of benzene rings is 1. The van der Waals surface area contributed by atoms with E-state index in [2.05, 4.69) is 4.74 Å². The molecule has 7 nitrogen and oxygen atoms in total. The van der Waals surface area contributed by atoms with Crippen molar-refractivity contribution < 1.29 is 24.7 Å². The summed E-state index contributed by atoms with van der Waals surface area (Å²) in [6.45, 7) is 0. The largest absolute Gasteiger partial charge is 0.503 e. The second-order valence-corrected chi connectivity index (χ2v) is 4.42. The second kappa shape index (κ2) is 4.15. The standard InChI is InChI=1S/C10H7NO6S/c1-17-10(14)6-3-4-2-5(11(15)16)7(12)8(13)9(4)18-6/h2-3,12-13H,1H3. The second-order valence-electron chi connectivity index (χ2n) is 3.37. The van der Waals surface area contributed by atoms with E-state index in [0.29, 0.717) is 5.39 Å². The maximum absolute atomic E-state index is 11.3. The molecule has 18 heavy (non-hydrogen) atoms. The summed E-state index contributed by atoms with van der Waals surface area (Å²) >= 11 is 0.884. The van der Waals surface area contributed by atoms with Gasteiger partial charge in [0.25, 0.3) is 0 Å². The molecule has 0 radical (unpaired) electrons. The number of hydrogen-bond donors (Lipinski definition) is 2. The fraction of sp³-hybridized carbons (Fsp3) is 0.100. The number of nitro benzene ring substituents is 1. The number of nitrogens with zero attached hydrogens (tertiary/aromatic N) is 1. The van der Waals surface area contributed by atoms with Crippen molar-refractivity contribution in [3.8, 4) is 11.5 Å². The fourth-order valence-corrected chi connectivity index (χ4v) is 2.48. The van der Waals surface area contributed by atoms with Gasteiger partial charge in [-0.05, 0) is 6.07 Å². The van der Waals surface area contributed by atoms with Gasteiger partial charge >= 0.3 is 11.7 Å². The number of phenolic OH excluding ortho intramolecular Hbond substituents is 2. The monoisotopic (exact) mass is 269 g/mol. The van der Waals surface area contributed by atoms with Gasteiger partial charge in [0.1, 0.15) is 4.88 Å². The molecule has 2 aromatic rings. The first-order chi connectivity index (χ1) is 8.45. The number of phenols is 2. The van der Waals surface area contributed by atoms with Crippen LogP contribution in [0.3, 0.4) is 0 Å². The summed E-state index contributed by atoms with van der Waals surface area (Å²) in [5.74, 6) is -2.04. The molecule has 0 saturated carbocycles. The van der Waals surface area contributed by atoms with Crippen molar-refractivity contribution >= 4 is 33.1 Å². The van der Waals surface area contributed by atoms with Crippen molar-refractivity contribution in [3.05, 3.63) is 27.1 Å². The van der Waals surface area contributed by atoms with Crippen LogP contribution in [0, 0.1) is 10.1 Å². The van der Waals surface area contributed by atoms with Crippen molar-refractivity contribution in [1.82, 2.24) is 0 Å². The van der Waals surface area contributed by atoms with Crippen LogP contribution in [-0.2, 0) is 4.74 Å². The van der Waals surface area contributed by atoms with E-state index in [1.165, 1.54) is 13.2 Å². The first-order valence-electron chi connectivity index (χ1n) is 4.67. The molecule has 0 atom stereocenters. The Balaban J connectivity index is 2.73. The molecular formula is C10H7NO6S. The Labute approximate surface area is 104 Å². The maximum atomic E-state index is 11.3. The number of ether oxygens (including phenoxy) is 1. The van der Waals surface area contributed by atoms with Gasteiger partial charge < -0.3 is 14.9 Å². The van der Waals surface area contributed by atoms with Gasteiger partial charge in [-0.15, -0.1) is 11.3 Å². The molecule has 0 spiro atoms. The molecular weight excluding hydrogens is 262 g/mol. The van der Waals surface area contributed by atoms with Gasteiger partial charge in [0, 0.05) is 11.5 Å². The highest BCUT2D eigenvalue weighted by Crippen LogP contribution is 2.44. The Kier molecular flexibility index (Phi) is 2.79. The molecule has 0 bridgehead atoms. The van der Waals surface area contributed by atoms with Crippen molar-refractivity contribution in [3.63, 3.8) is 0 Å². The summed E-state index contributed by atoms with van der Waals surface area (Å²) in [4.78, 5) is 21.3. The quantitative estimate of drug-likeness (QED) is 0.373. The summed E-state index contributed by atoms with van der Waals surface area (Å²) in [6, 6.07) is 2.45. The van der Waals surface area contributed by atoms with E-state index in [-0.39, 0.29) is 9.58 Å². The van der Waals surface area contributed by atoms with Gasteiger partial charge in [-0.1, -0.05) is 0 Å². The number of methoxy groups -OCH3 is 1. The third kappa shape index (κ3) is 1.72. The third-order valence-corrected chi connectivity index (χ3v) is 3.46. The van der Waals surface area contributed by atoms with E-state index in [0.717, 1.165) is 17.4 Å². The minimum atomic E-state index is -0.816. The van der Waals surface area contributed by atoms with Crippen LogP contribution in [0.15, 0.2) is 12.1 Å². The summed E-state index contributed by atoms with van der Waals surface area (Å²) < 4.78 is 4.70. The van der Waals surface area contributed by atoms with E-state index in [1.54, 1.807) is 0 Å². The minimum Gasteiger partial charge on any atom is -0.503 e. The zero-order valence-corrected chi connectivity index (χ0v) is 9.85. The lowest BCUT2D eigenvalue weighted by molar-refractivity contribution is -0.385. The zero-order valence-electron chi connectivity index (χ0n) is 9.04. The molecule has 0 aliphatic carbocycles. The Morgan fingerprint density at radius 2 is 2.06 bits per heavy atom. The lowest BCUT2D eigenvalue weighted by Crippen LogP contribution is -1.96. The smallest absolute Gasteiger partial charge is 0.348 e. The highest BCUT2D eigenvalue weighted by molar-refractivity contribution is 7.21. The predicted molar refractivity (Wildman–Crippen MR) is 63.1 cm³/mol. The normalized spacial score (nSPS) is 10.5. The molecule has 1 aromatic heterocycles. The van der Waals surface area contributed by atoms with Crippen molar-refractivity contribution in [1.29, 1.82) is 0 Å². The summed E-state index contributed by atoms with van der Waals surface area (Å²) in [5.41, 5.74) is -0.616. The molecule has 0 unspecified atom stereocenters. The Hall–Kier alpha value is -2.35. The molecule has 1 aromatic carbocycles. The van der Waals surface area contributed by atoms with Crippen LogP contribution >= 0.6 is 11.3 Å². The zero-order chi connectivity index (χ0) is 13.4. The number of aromatic hydroxyl groups is 2. The topological polar surface area (TPSA) is 110 Å². The van der Waals surface area contributed by atoms with Crippen LogP contribution in [0.1, 0.15) is 9.67 Å². The Morgan fingerprint density at radius 1 is 1.39 bits per heavy atom. The van der Waals surface area contributed by atoms with Crippen LogP contribution < -0.4 is 0 Å². The average Bonchev–Trinajstić information content (AvgIpc) is 2.76. The first-order valence-corrected chi connectivity index (χ1v) is 5.48. The average molecular weight is 269 g/mol. The molecule has 0 amide bonds. The number of fused-ring (bicyclic) bond motifs is 1.